The maximum absolute atomic E-state index is 12.5. The van der Waals surface area contributed by atoms with Crippen molar-refractivity contribution < 1.29 is 23.9 Å². The molecule has 1 aliphatic rings. The van der Waals surface area contributed by atoms with Crippen LogP contribution in [0.4, 0.5) is 5.69 Å². The Labute approximate surface area is 147 Å². The summed E-state index contributed by atoms with van der Waals surface area (Å²) in [5.74, 6) is -3.31. The van der Waals surface area contributed by atoms with Crippen LogP contribution in [0.25, 0.3) is 0 Å². The molecule has 0 heterocycles. The van der Waals surface area contributed by atoms with Crippen LogP contribution in [0.15, 0.2) is 24.3 Å². The smallest absolute Gasteiger partial charge is 0.310 e. The Balaban J connectivity index is 0.00000288. The molecule has 0 radical (unpaired) electrons. The average Bonchev–Trinajstić information content (AvgIpc) is 2.60. The number of anilines is 1. The summed E-state index contributed by atoms with van der Waals surface area (Å²) in [5.41, 5.74) is 1.61. The third-order valence-corrected chi connectivity index (χ3v) is 4.38. The molecule has 6 nitrogen and oxygen atoms in total. The van der Waals surface area contributed by atoms with Crippen LogP contribution in [0.2, 0.25) is 0 Å². The van der Waals surface area contributed by atoms with Gasteiger partial charge in [0.1, 0.15) is 5.78 Å². The van der Waals surface area contributed by atoms with E-state index in [1.165, 1.54) is 14.2 Å². The van der Waals surface area contributed by atoms with Gasteiger partial charge in [0, 0.05) is 19.2 Å². The number of benzene rings is 1. The summed E-state index contributed by atoms with van der Waals surface area (Å²) in [5, 5.41) is 3.00. The molecule has 0 saturated heterocycles. The van der Waals surface area contributed by atoms with Gasteiger partial charge in [0.05, 0.1) is 32.0 Å². The topological polar surface area (TPSA) is 81.7 Å². The Kier molecular flexibility index (Phi) is 7.22. The van der Waals surface area contributed by atoms with Crippen LogP contribution in [-0.4, -0.2) is 39.0 Å². The number of halogens is 1. The molecule has 1 saturated carbocycles. The lowest BCUT2D eigenvalue weighted by atomic mass is 9.68. The molecule has 2 rings (SSSR count). The number of Topliss-reactive ketones (excluding diaryl/α,β-unsaturated/α-hetero) is 1. The Hall–Kier alpha value is -2.08. The van der Waals surface area contributed by atoms with E-state index in [4.69, 9.17) is 9.47 Å². The minimum absolute atomic E-state index is 0. The summed E-state index contributed by atoms with van der Waals surface area (Å²) in [6, 6.07) is 7.26. The zero-order valence-electron chi connectivity index (χ0n) is 13.9. The minimum Gasteiger partial charge on any atom is -0.469 e. The second kappa shape index (κ2) is 8.68. The van der Waals surface area contributed by atoms with Gasteiger partial charge in [-0.2, -0.15) is 0 Å². The van der Waals surface area contributed by atoms with Crippen LogP contribution in [-0.2, 0) is 23.9 Å². The van der Waals surface area contributed by atoms with Crippen LogP contribution in [0.1, 0.15) is 24.3 Å². The molecule has 1 aromatic rings. The molecule has 1 aromatic carbocycles. The van der Waals surface area contributed by atoms with Gasteiger partial charge in [0.15, 0.2) is 0 Å². The lowest BCUT2D eigenvalue weighted by molar-refractivity contribution is -0.162. The number of hydrogen-bond acceptors (Lipinski definition) is 6. The van der Waals surface area contributed by atoms with Gasteiger partial charge < -0.3 is 14.8 Å². The van der Waals surface area contributed by atoms with E-state index in [2.05, 4.69) is 5.32 Å². The van der Waals surface area contributed by atoms with Crippen LogP contribution in [0.3, 0.4) is 0 Å². The fraction of sp³-hybridized carbons (Fsp3) is 0.471. The fourth-order valence-corrected chi connectivity index (χ4v) is 3.17. The third-order valence-electron chi connectivity index (χ3n) is 4.38. The van der Waals surface area contributed by atoms with Crippen molar-refractivity contribution in [2.45, 2.75) is 18.8 Å². The summed E-state index contributed by atoms with van der Waals surface area (Å²) in [6.45, 7) is 0. The molecule has 132 valence electrons. The van der Waals surface area contributed by atoms with E-state index in [9.17, 15) is 14.4 Å². The molecule has 3 atom stereocenters. The quantitative estimate of drug-likeness (QED) is 0.834. The highest BCUT2D eigenvalue weighted by Gasteiger charge is 2.47. The van der Waals surface area contributed by atoms with Gasteiger partial charge in [0.25, 0.3) is 0 Å². The van der Waals surface area contributed by atoms with Crippen molar-refractivity contribution in [1.29, 1.82) is 0 Å². The van der Waals surface area contributed by atoms with Crippen molar-refractivity contribution in [3.05, 3.63) is 29.8 Å². The Bertz CT molecular complexity index is 602. The maximum atomic E-state index is 12.5. The predicted octanol–water partition coefficient (Wildman–Crippen LogP) is 2.18. The second-order valence-electron chi connectivity index (χ2n) is 5.53. The summed E-state index contributed by atoms with van der Waals surface area (Å²) in [6.07, 6.45) is 0.544. The largest absolute Gasteiger partial charge is 0.469 e. The summed E-state index contributed by atoms with van der Waals surface area (Å²) < 4.78 is 9.65. The van der Waals surface area contributed by atoms with E-state index in [0.29, 0.717) is 12.0 Å². The first-order valence-corrected chi connectivity index (χ1v) is 7.49. The van der Waals surface area contributed by atoms with Gasteiger partial charge in [-0.15, -0.1) is 12.4 Å². The molecule has 0 spiro atoms. The maximum Gasteiger partial charge on any atom is 0.310 e. The van der Waals surface area contributed by atoms with Gasteiger partial charge in [-0.1, -0.05) is 12.1 Å². The molecule has 1 aliphatic carbocycles. The van der Waals surface area contributed by atoms with E-state index in [1.54, 1.807) is 19.2 Å². The van der Waals surface area contributed by atoms with Crippen molar-refractivity contribution in [2.75, 3.05) is 26.6 Å². The number of carbonyl (C=O) groups is 3. The molecule has 24 heavy (non-hydrogen) atoms. The Morgan fingerprint density at radius 3 is 2.17 bits per heavy atom. The Morgan fingerprint density at radius 2 is 1.67 bits per heavy atom. The van der Waals surface area contributed by atoms with E-state index >= 15 is 0 Å². The van der Waals surface area contributed by atoms with Crippen molar-refractivity contribution in [3.63, 3.8) is 0 Å². The number of rotatable bonds is 4. The zero-order chi connectivity index (χ0) is 17.0. The molecule has 0 unspecified atom stereocenters. The summed E-state index contributed by atoms with van der Waals surface area (Å²) >= 11 is 0. The van der Waals surface area contributed by atoms with Crippen LogP contribution in [0, 0.1) is 11.8 Å². The second-order valence-corrected chi connectivity index (χ2v) is 5.53. The zero-order valence-corrected chi connectivity index (χ0v) is 14.7. The predicted molar refractivity (Wildman–Crippen MR) is 91.2 cm³/mol. The molecule has 0 aliphatic heterocycles. The van der Waals surface area contributed by atoms with Gasteiger partial charge in [0.2, 0.25) is 0 Å². The van der Waals surface area contributed by atoms with Crippen molar-refractivity contribution in [1.82, 2.24) is 0 Å². The third kappa shape index (κ3) is 3.87. The number of ketones is 1. The first-order valence-electron chi connectivity index (χ1n) is 7.49. The van der Waals surface area contributed by atoms with E-state index < -0.39 is 29.7 Å². The minimum atomic E-state index is -0.853. The lowest BCUT2D eigenvalue weighted by Gasteiger charge is -2.34. The molecule has 0 aromatic heterocycles. The van der Waals surface area contributed by atoms with Crippen LogP contribution < -0.4 is 5.32 Å². The fourth-order valence-electron chi connectivity index (χ4n) is 3.17. The normalized spacial score (nSPS) is 23.0. The summed E-state index contributed by atoms with van der Waals surface area (Å²) in [7, 11) is 4.34. The summed E-state index contributed by atoms with van der Waals surface area (Å²) in [4.78, 5) is 36.7. The molecular formula is C17H22ClNO5. The molecule has 7 heteroatoms. The molecule has 0 amide bonds. The van der Waals surface area contributed by atoms with Crippen LogP contribution in [0.5, 0.6) is 0 Å². The highest BCUT2D eigenvalue weighted by atomic mass is 35.5. The molecule has 0 bridgehead atoms. The number of nitrogens with one attached hydrogen (secondary N) is 1. The highest BCUT2D eigenvalue weighted by Crippen LogP contribution is 2.40. The Morgan fingerprint density at radius 1 is 1.08 bits per heavy atom. The standard InChI is InChI=1S/C17H21NO5.ClH/c1-18-11-6-4-10(5-7-11)14-13(19)9-8-12(16(20)22-2)15(14)17(21)23-3;/h4-7,12,14-15,18H,8-9H2,1-3H3;1H/t12-,14+,15+;/m1./s1. The van der Waals surface area contributed by atoms with Gasteiger partial charge in [-0.25, -0.2) is 0 Å². The monoisotopic (exact) mass is 355 g/mol. The van der Waals surface area contributed by atoms with Gasteiger partial charge >= 0.3 is 11.9 Å². The van der Waals surface area contributed by atoms with Crippen LogP contribution >= 0.6 is 12.4 Å². The molecule has 1 fully saturated rings. The molecular weight excluding hydrogens is 334 g/mol. The first-order chi connectivity index (χ1) is 11.0. The SMILES string of the molecule is CNc1ccc([C@H]2C(=O)CC[C@@H](C(=O)OC)[C@@H]2C(=O)OC)cc1.Cl. The van der Waals surface area contributed by atoms with Crippen molar-refractivity contribution in [2.24, 2.45) is 11.8 Å². The number of ether oxygens (including phenoxy) is 2. The molecule has 1 N–H and O–H groups in total. The van der Waals surface area contributed by atoms with E-state index in [1.807, 2.05) is 12.1 Å². The van der Waals surface area contributed by atoms with Crippen molar-refractivity contribution >= 4 is 35.8 Å². The number of esters is 2. The van der Waals surface area contributed by atoms with Gasteiger partial charge in [-0.05, 0) is 24.1 Å². The van der Waals surface area contributed by atoms with Crippen molar-refractivity contribution in [3.8, 4) is 0 Å². The lowest BCUT2D eigenvalue weighted by Crippen LogP contribution is -2.42. The number of carbonyl (C=O) groups excluding carboxylic acids is 3. The highest BCUT2D eigenvalue weighted by molar-refractivity contribution is 5.95. The number of hydrogen-bond donors (Lipinski definition) is 1. The first kappa shape index (κ1) is 20.0. The number of methoxy groups -OCH3 is 2. The van der Waals surface area contributed by atoms with E-state index in [-0.39, 0.29) is 24.6 Å². The van der Waals surface area contributed by atoms with Gasteiger partial charge in [-0.3, -0.25) is 14.4 Å². The van der Waals surface area contributed by atoms with E-state index in [0.717, 1.165) is 5.69 Å². The average molecular weight is 356 g/mol.